The molecule has 0 spiro atoms. The van der Waals surface area contributed by atoms with Crippen LogP contribution in [0.4, 0.5) is 4.79 Å². The van der Waals surface area contributed by atoms with Gasteiger partial charge in [-0.15, -0.1) is 11.3 Å². The molecule has 1 aliphatic rings. The lowest BCUT2D eigenvalue weighted by atomic mass is 10.1. The van der Waals surface area contributed by atoms with Crippen LogP contribution in [0, 0.1) is 13.8 Å². The van der Waals surface area contributed by atoms with Crippen LogP contribution in [0.5, 0.6) is 0 Å². The van der Waals surface area contributed by atoms with Gasteiger partial charge in [-0.25, -0.2) is 9.78 Å². The molecule has 1 unspecified atom stereocenters. The Labute approximate surface area is 165 Å². The van der Waals surface area contributed by atoms with E-state index in [-0.39, 0.29) is 43.4 Å². The summed E-state index contributed by atoms with van der Waals surface area (Å²) in [7, 11) is 0. The SMILES string of the molecule is Cc1nc(C(Cc2ccsc2)NC(=O)CCCN2C(=O)CNC2=O)sc1C. The van der Waals surface area contributed by atoms with E-state index in [1.807, 2.05) is 19.2 Å². The fourth-order valence-corrected chi connectivity index (χ4v) is 4.49. The zero-order valence-corrected chi connectivity index (χ0v) is 16.9. The minimum Gasteiger partial charge on any atom is -0.347 e. The van der Waals surface area contributed by atoms with E-state index in [4.69, 9.17) is 0 Å². The molecule has 144 valence electrons. The summed E-state index contributed by atoms with van der Waals surface area (Å²) in [5.41, 5.74) is 2.15. The summed E-state index contributed by atoms with van der Waals surface area (Å²) >= 11 is 3.23. The molecular weight excluding hydrogens is 384 g/mol. The van der Waals surface area contributed by atoms with Gasteiger partial charge in [-0.05, 0) is 42.7 Å². The zero-order chi connectivity index (χ0) is 19.4. The molecule has 0 bridgehead atoms. The molecule has 1 atom stereocenters. The fraction of sp³-hybridized carbons (Fsp3) is 0.444. The fourth-order valence-electron chi connectivity index (χ4n) is 2.84. The second-order valence-corrected chi connectivity index (χ2v) is 8.47. The van der Waals surface area contributed by atoms with Crippen LogP contribution in [0.25, 0.3) is 0 Å². The van der Waals surface area contributed by atoms with Gasteiger partial charge in [0.05, 0.1) is 18.3 Å². The van der Waals surface area contributed by atoms with Gasteiger partial charge >= 0.3 is 6.03 Å². The Morgan fingerprint density at radius 1 is 1.41 bits per heavy atom. The van der Waals surface area contributed by atoms with Crippen LogP contribution in [0.3, 0.4) is 0 Å². The van der Waals surface area contributed by atoms with Crippen molar-refractivity contribution in [2.24, 2.45) is 0 Å². The van der Waals surface area contributed by atoms with Crippen molar-refractivity contribution in [3.05, 3.63) is 38.0 Å². The number of amides is 4. The number of thiophene rings is 1. The first-order valence-corrected chi connectivity index (χ1v) is 10.5. The van der Waals surface area contributed by atoms with Gasteiger partial charge in [-0.2, -0.15) is 11.3 Å². The van der Waals surface area contributed by atoms with Crippen LogP contribution in [0.15, 0.2) is 16.8 Å². The van der Waals surface area contributed by atoms with Gasteiger partial charge in [0, 0.05) is 24.3 Å². The number of nitrogens with one attached hydrogen (secondary N) is 2. The molecule has 1 fully saturated rings. The van der Waals surface area contributed by atoms with Crippen molar-refractivity contribution in [2.75, 3.05) is 13.1 Å². The van der Waals surface area contributed by atoms with Gasteiger partial charge in [-0.1, -0.05) is 0 Å². The smallest absolute Gasteiger partial charge is 0.324 e. The monoisotopic (exact) mass is 406 g/mol. The average molecular weight is 407 g/mol. The molecule has 0 aromatic carbocycles. The van der Waals surface area contributed by atoms with Gasteiger partial charge in [0.15, 0.2) is 0 Å². The van der Waals surface area contributed by atoms with Crippen LogP contribution in [0.1, 0.15) is 40.0 Å². The first kappa shape index (κ1) is 19.5. The predicted molar refractivity (Wildman–Crippen MR) is 105 cm³/mol. The largest absolute Gasteiger partial charge is 0.347 e. The number of imide groups is 1. The van der Waals surface area contributed by atoms with E-state index in [9.17, 15) is 14.4 Å². The maximum atomic E-state index is 12.4. The van der Waals surface area contributed by atoms with E-state index in [2.05, 4.69) is 27.1 Å². The van der Waals surface area contributed by atoms with E-state index in [1.165, 1.54) is 0 Å². The second-order valence-electron chi connectivity index (χ2n) is 6.46. The first-order chi connectivity index (χ1) is 12.9. The van der Waals surface area contributed by atoms with E-state index in [0.29, 0.717) is 12.8 Å². The number of urea groups is 1. The van der Waals surface area contributed by atoms with Crippen molar-refractivity contribution >= 4 is 40.5 Å². The number of aromatic nitrogens is 1. The zero-order valence-electron chi connectivity index (χ0n) is 15.3. The molecule has 2 aromatic rings. The Hall–Kier alpha value is -2.26. The van der Waals surface area contributed by atoms with Crippen molar-refractivity contribution in [1.29, 1.82) is 0 Å². The summed E-state index contributed by atoms with van der Waals surface area (Å²) in [5.74, 6) is -0.350. The van der Waals surface area contributed by atoms with E-state index in [0.717, 1.165) is 26.0 Å². The molecule has 1 saturated heterocycles. The number of thiazole rings is 1. The lowest BCUT2D eigenvalue weighted by Gasteiger charge is -2.17. The number of hydrogen-bond acceptors (Lipinski definition) is 6. The van der Waals surface area contributed by atoms with E-state index >= 15 is 0 Å². The molecule has 2 N–H and O–H groups in total. The third-order valence-corrected chi connectivity index (χ3v) is 6.34. The maximum Gasteiger partial charge on any atom is 0.324 e. The molecule has 3 heterocycles. The Morgan fingerprint density at radius 2 is 2.22 bits per heavy atom. The molecular formula is C18H22N4O3S2. The molecule has 0 aliphatic carbocycles. The van der Waals surface area contributed by atoms with Crippen LogP contribution in [-0.2, 0) is 16.0 Å². The summed E-state index contributed by atoms with van der Waals surface area (Å²) in [4.78, 5) is 42.5. The molecule has 4 amide bonds. The Kier molecular flexibility index (Phi) is 6.22. The summed E-state index contributed by atoms with van der Waals surface area (Å²) in [6, 6.07) is 1.49. The Balaban J connectivity index is 1.58. The number of hydrogen-bond donors (Lipinski definition) is 2. The summed E-state index contributed by atoms with van der Waals surface area (Å²) in [5, 5.41) is 10.5. The summed E-state index contributed by atoms with van der Waals surface area (Å²) < 4.78 is 0. The number of nitrogens with zero attached hydrogens (tertiary/aromatic N) is 2. The van der Waals surface area contributed by atoms with Crippen LogP contribution in [-0.4, -0.2) is 40.8 Å². The topological polar surface area (TPSA) is 91.4 Å². The first-order valence-electron chi connectivity index (χ1n) is 8.76. The molecule has 9 heteroatoms. The van der Waals surface area contributed by atoms with E-state index < -0.39 is 0 Å². The number of aryl methyl sites for hydroxylation is 2. The molecule has 7 nitrogen and oxygen atoms in total. The van der Waals surface area contributed by atoms with Crippen molar-refractivity contribution in [3.63, 3.8) is 0 Å². The molecule has 0 radical (unpaired) electrons. The minimum absolute atomic E-state index is 0.0382. The molecule has 27 heavy (non-hydrogen) atoms. The van der Waals surface area contributed by atoms with Gasteiger partial charge in [0.25, 0.3) is 0 Å². The highest BCUT2D eigenvalue weighted by atomic mass is 32.1. The van der Waals surface area contributed by atoms with Crippen LogP contribution >= 0.6 is 22.7 Å². The average Bonchev–Trinajstić information content (AvgIpc) is 3.32. The molecule has 3 rings (SSSR count). The van der Waals surface area contributed by atoms with E-state index in [1.54, 1.807) is 22.7 Å². The van der Waals surface area contributed by atoms with Crippen molar-refractivity contribution in [2.45, 2.75) is 39.2 Å². The highest BCUT2D eigenvalue weighted by Crippen LogP contribution is 2.26. The number of rotatable bonds is 8. The van der Waals surface area contributed by atoms with Crippen molar-refractivity contribution in [1.82, 2.24) is 20.5 Å². The van der Waals surface area contributed by atoms with Gasteiger partial charge in [0.1, 0.15) is 5.01 Å². The Morgan fingerprint density at radius 3 is 2.81 bits per heavy atom. The number of carbonyl (C=O) groups excluding carboxylic acids is 3. The summed E-state index contributed by atoms with van der Waals surface area (Å²) in [6.45, 7) is 4.29. The minimum atomic E-state index is -0.385. The quantitative estimate of drug-likeness (QED) is 0.659. The van der Waals surface area contributed by atoms with Gasteiger partial charge in [0.2, 0.25) is 11.8 Å². The van der Waals surface area contributed by atoms with Crippen LogP contribution in [0.2, 0.25) is 0 Å². The predicted octanol–water partition coefficient (Wildman–Crippen LogP) is 2.55. The van der Waals surface area contributed by atoms with Crippen molar-refractivity contribution in [3.8, 4) is 0 Å². The standard InChI is InChI=1S/C18H22N4O3S2/c1-11-12(2)27-17(20-11)14(8-13-5-7-26-10-13)21-15(23)4-3-6-22-16(24)9-19-18(22)25/h5,7,10,14H,3-4,6,8-9H2,1-2H3,(H,19,25)(H,21,23). The molecule has 1 aliphatic heterocycles. The molecule has 2 aromatic heterocycles. The number of carbonyl (C=O) groups is 3. The maximum absolute atomic E-state index is 12.4. The second kappa shape index (κ2) is 8.62. The molecule has 0 saturated carbocycles. The Bertz CT molecular complexity index is 796. The van der Waals surface area contributed by atoms with Gasteiger partial charge in [-0.3, -0.25) is 14.5 Å². The summed E-state index contributed by atoms with van der Waals surface area (Å²) in [6.07, 6.45) is 1.38. The van der Waals surface area contributed by atoms with Crippen LogP contribution < -0.4 is 10.6 Å². The highest BCUT2D eigenvalue weighted by molar-refractivity contribution is 7.11. The lowest BCUT2D eigenvalue weighted by molar-refractivity contribution is -0.126. The highest BCUT2D eigenvalue weighted by Gasteiger charge is 2.28. The van der Waals surface area contributed by atoms with Gasteiger partial charge < -0.3 is 10.6 Å². The lowest BCUT2D eigenvalue weighted by Crippen LogP contribution is -2.34. The normalized spacial score (nSPS) is 15.1. The third kappa shape index (κ3) is 4.92. The van der Waals surface area contributed by atoms with Crippen molar-refractivity contribution < 1.29 is 14.4 Å². The third-order valence-electron chi connectivity index (χ3n) is 4.42.